The molecule has 6 rings (SSSR count). The molecule has 0 aromatic carbocycles. The lowest BCUT2D eigenvalue weighted by Gasteiger charge is -2.60. The van der Waals surface area contributed by atoms with E-state index in [2.05, 4.69) is 20.8 Å². The zero-order valence-electron chi connectivity index (χ0n) is 20.6. The fourth-order valence-electron chi connectivity index (χ4n) is 9.34. The van der Waals surface area contributed by atoms with Gasteiger partial charge in [0.05, 0.1) is 11.5 Å². The quantitative estimate of drug-likeness (QED) is 0.495. The van der Waals surface area contributed by atoms with Gasteiger partial charge in [0.25, 0.3) is 0 Å². The van der Waals surface area contributed by atoms with Crippen molar-refractivity contribution in [1.29, 1.82) is 0 Å². The van der Waals surface area contributed by atoms with E-state index in [1.165, 1.54) is 0 Å². The van der Waals surface area contributed by atoms with Crippen LogP contribution >= 0.6 is 0 Å². The van der Waals surface area contributed by atoms with Crippen molar-refractivity contribution in [3.8, 4) is 0 Å². The maximum Gasteiger partial charge on any atom is 0.333 e. The highest BCUT2D eigenvalue weighted by Crippen LogP contribution is 2.71. The van der Waals surface area contributed by atoms with Crippen molar-refractivity contribution in [3.63, 3.8) is 0 Å². The second-order valence-electron chi connectivity index (χ2n) is 12.5. The Kier molecular flexibility index (Phi) is 4.55. The molecule has 2 aliphatic heterocycles. The SMILES string of the molecule is CC1=C(C)C(=O)OC(C(C)C2CCC3C4C5OC5C5(O)CC=CC(=O)C5(C)C4CCC23C)C1. The predicted molar refractivity (Wildman–Crippen MR) is 123 cm³/mol. The molecule has 4 fully saturated rings. The number of hydrogen-bond donors (Lipinski definition) is 1. The fourth-order valence-corrected chi connectivity index (χ4v) is 9.34. The Hall–Kier alpha value is -1.46. The number of carbonyl (C=O) groups excluding carboxylic acids is 2. The summed E-state index contributed by atoms with van der Waals surface area (Å²) in [6.45, 7) is 10.7. The molecule has 1 saturated heterocycles. The number of rotatable bonds is 2. The summed E-state index contributed by atoms with van der Waals surface area (Å²) in [5, 5.41) is 11.7. The molecule has 5 heteroatoms. The van der Waals surface area contributed by atoms with Gasteiger partial charge in [0.15, 0.2) is 5.78 Å². The van der Waals surface area contributed by atoms with E-state index in [-0.39, 0.29) is 41.4 Å². The molecule has 0 radical (unpaired) electrons. The number of carbonyl (C=O) groups is 2. The first-order valence-corrected chi connectivity index (χ1v) is 13.0. The van der Waals surface area contributed by atoms with Crippen molar-refractivity contribution in [2.75, 3.05) is 0 Å². The van der Waals surface area contributed by atoms with Crippen LogP contribution in [0.3, 0.4) is 0 Å². The summed E-state index contributed by atoms with van der Waals surface area (Å²) in [7, 11) is 0. The van der Waals surface area contributed by atoms with Gasteiger partial charge in [0, 0.05) is 12.0 Å². The van der Waals surface area contributed by atoms with Crippen LogP contribution in [0.2, 0.25) is 0 Å². The van der Waals surface area contributed by atoms with Crippen LogP contribution in [0, 0.1) is 40.4 Å². The summed E-state index contributed by atoms with van der Waals surface area (Å²) in [6.07, 6.45) is 8.98. The third-order valence-corrected chi connectivity index (χ3v) is 11.6. The van der Waals surface area contributed by atoms with E-state index in [1.807, 2.05) is 19.9 Å². The Bertz CT molecular complexity index is 981. The van der Waals surface area contributed by atoms with Gasteiger partial charge in [0.2, 0.25) is 0 Å². The first-order valence-electron chi connectivity index (χ1n) is 13.0. The summed E-state index contributed by atoms with van der Waals surface area (Å²) < 4.78 is 12.1. The summed E-state index contributed by atoms with van der Waals surface area (Å²) in [5.74, 6) is 1.68. The van der Waals surface area contributed by atoms with Gasteiger partial charge < -0.3 is 14.6 Å². The monoisotopic (exact) mass is 454 g/mol. The molecule has 0 amide bonds. The van der Waals surface area contributed by atoms with Crippen LogP contribution in [0.25, 0.3) is 0 Å². The highest BCUT2D eigenvalue weighted by atomic mass is 16.6. The Labute approximate surface area is 197 Å². The molecule has 1 N–H and O–H groups in total. The van der Waals surface area contributed by atoms with Crippen LogP contribution < -0.4 is 0 Å². The van der Waals surface area contributed by atoms with Gasteiger partial charge in [-0.3, -0.25) is 4.79 Å². The number of ether oxygens (including phenoxy) is 2. The zero-order chi connectivity index (χ0) is 23.5. The number of aliphatic hydroxyl groups is 1. The average Bonchev–Trinajstić information content (AvgIpc) is 3.50. The van der Waals surface area contributed by atoms with E-state index in [9.17, 15) is 14.7 Å². The van der Waals surface area contributed by atoms with Crippen LogP contribution in [0.4, 0.5) is 0 Å². The number of fused-ring (bicyclic) bond motifs is 8. The van der Waals surface area contributed by atoms with Gasteiger partial charge in [-0.1, -0.05) is 25.5 Å². The van der Waals surface area contributed by atoms with Crippen molar-refractivity contribution in [2.45, 2.75) is 97.1 Å². The van der Waals surface area contributed by atoms with E-state index in [1.54, 1.807) is 6.08 Å². The summed E-state index contributed by atoms with van der Waals surface area (Å²) in [5.41, 5.74) is 0.243. The van der Waals surface area contributed by atoms with Crippen molar-refractivity contribution in [2.24, 2.45) is 40.4 Å². The Balaban J connectivity index is 1.30. The summed E-state index contributed by atoms with van der Waals surface area (Å²) in [4.78, 5) is 25.7. The van der Waals surface area contributed by atoms with Crippen LogP contribution in [-0.4, -0.2) is 40.8 Å². The van der Waals surface area contributed by atoms with Crippen molar-refractivity contribution < 1.29 is 24.2 Å². The van der Waals surface area contributed by atoms with Crippen molar-refractivity contribution in [3.05, 3.63) is 23.3 Å². The molecule has 11 atom stereocenters. The maximum atomic E-state index is 13.3. The van der Waals surface area contributed by atoms with Crippen molar-refractivity contribution in [1.82, 2.24) is 0 Å². The molecular weight excluding hydrogens is 416 g/mol. The lowest BCUT2D eigenvalue weighted by molar-refractivity contribution is -0.182. The second-order valence-corrected chi connectivity index (χ2v) is 12.5. The molecule has 0 aromatic rings. The predicted octanol–water partition coefficient (Wildman–Crippen LogP) is 4.38. The topological polar surface area (TPSA) is 76.1 Å². The second kappa shape index (κ2) is 6.81. The molecule has 5 nitrogen and oxygen atoms in total. The fraction of sp³-hybridized carbons (Fsp3) is 0.786. The van der Waals surface area contributed by atoms with Gasteiger partial charge in [-0.15, -0.1) is 0 Å². The minimum atomic E-state index is -1.07. The standard InChI is InChI=1S/C28H38O5/c1-14-13-20(32-25(30)15(14)2)16(3)17-8-9-18-22-19(10-12-26(17,18)4)27(5)21(29)7-6-11-28(27,31)24-23(22)33-24/h6-7,16-20,22-24,31H,8-13H2,1-5H3. The Morgan fingerprint density at radius 1 is 1.12 bits per heavy atom. The van der Waals surface area contributed by atoms with E-state index in [4.69, 9.17) is 9.47 Å². The zero-order valence-corrected chi connectivity index (χ0v) is 20.6. The number of ketones is 1. The smallest absolute Gasteiger partial charge is 0.333 e. The molecule has 11 unspecified atom stereocenters. The Morgan fingerprint density at radius 2 is 1.88 bits per heavy atom. The number of hydrogen-bond acceptors (Lipinski definition) is 5. The number of epoxide rings is 1. The van der Waals surface area contributed by atoms with E-state index in [0.29, 0.717) is 30.1 Å². The molecule has 0 spiro atoms. The van der Waals surface area contributed by atoms with Gasteiger partial charge in [0.1, 0.15) is 17.8 Å². The third kappa shape index (κ3) is 2.61. The molecule has 6 aliphatic rings. The van der Waals surface area contributed by atoms with Gasteiger partial charge in [-0.2, -0.15) is 0 Å². The van der Waals surface area contributed by atoms with Gasteiger partial charge >= 0.3 is 5.97 Å². The summed E-state index contributed by atoms with van der Waals surface area (Å²) >= 11 is 0. The molecular formula is C28H38O5. The first-order chi connectivity index (χ1) is 15.5. The molecule has 0 aromatic heterocycles. The Morgan fingerprint density at radius 3 is 2.61 bits per heavy atom. The lowest BCUT2D eigenvalue weighted by atomic mass is 9.43. The highest BCUT2D eigenvalue weighted by molar-refractivity contribution is 5.97. The van der Waals surface area contributed by atoms with Crippen LogP contribution in [0.5, 0.6) is 0 Å². The highest BCUT2D eigenvalue weighted by Gasteiger charge is 2.77. The van der Waals surface area contributed by atoms with E-state index >= 15 is 0 Å². The molecule has 4 aliphatic carbocycles. The molecule has 180 valence electrons. The number of allylic oxidation sites excluding steroid dienone is 1. The van der Waals surface area contributed by atoms with E-state index < -0.39 is 11.0 Å². The van der Waals surface area contributed by atoms with Crippen LogP contribution in [-0.2, 0) is 19.1 Å². The van der Waals surface area contributed by atoms with Crippen LogP contribution in [0.15, 0.2) is 23.3 Å². The molecule has 2 heterocycles. The molecule has 0 bridgehead atoms. The minimum absolute atomic E-state index is 0.0524. The van der Waals surface area contributed by atoms with E-state index in [0.717, 1.165) is 43.3 Å². The molecule has 3 saturated carbocycles. The van der Waals surface area contributed by atoms with Gasteiger partial charge in [-0.05, 0) is 94.0 Å². The third-order valence-electron chi connectivity index (χ3n) is 11.6. The normalized spacial score (nSPS) is 53.6. The number of esters is 1. The van der Waals surface area contributed by atoms with Crippen molar-refractivity contribution >= 4 is 11.8 Å². The lowest BCUT2D eigenvalue weighted by Crippen LogP contribution is -2.67. The van der Waals surface area contributed by atoms with Crippen LogP contribution in [0.1, 0.15) is 73.1 Å². The van der Waals surface area contributed by atoms with Gasteiger partial charge in [-0.25, -0.2) is 4.79 Å². The summed E-state index contributed by atoms with van der Waals surface area (Å²) in [6, 6.07) is 0. The number of cyclic esters (lactones) is 1. The average molecular weight is 455 g/mol. The molecule has 33 heavy (non-hydrogen) atoms. The minimum Gasteiger partial charge on any atom is -0.458 e. The first kappa shape index (κ1) is 22.0. The maximum absolute atomic E-state index is 13.3. The largest absolute Gasteiger partial charge is 0.458 e.